The summed E-state index contributed by atoms with van der Waals surface area (Å²) in [6, 6.07) is 6.15. The van der Waals surface area contributed by atoms with Crippen molar-refractivity contribution in [2.75, 3.05) is 0 Å². The van der Waals surface area contributed by atoms with Crippen molar-refractivity contribution in [1.29, 1.82) is 0 Å². The van der Waals surface area contributed by atoms with Crippen molar-refractivity contribution < 1.29 is 9.90 Å². The average molecular weight is 161 g/mol. The minimum atomic E-state index is -0.613. The number of phenols is 1. The molecule has 11 heavy (non-hydrogen) atoms. The Kier molecular flexibility index (Phi) is 4.18. The van der Waals surface area contributed by atoms with E-state index in [1.807, 2.05) is 0 Å². The van der Waals surface area contributed by atoms with Crippen molar-refractivity contribution in [3.63, 3.8) is 0 Å². The fourth-order valence-corrected chi connectivity index (χ4v) is 0.682. The van der Waals surface area contributed by atoms with Crippen LogP contribution in [0.2, 0.25) is 0 Å². The van der Waals surface area contributed by atoms with E-state index in [1.54, 1.807) is 12.1 Å². The molecule has 0 atom stereocenters. The molecule has 3 nitrogen and oxygen atoms in total. The van der Waals surface area contributed by atoms with Crippen LogP contribution in [-0.4, -0.2) is 40.6 Å². The molecule has 0 saturated heterocycles. The van der Waals surface area contributed by atoms with Gasteiger partial charge in [0.1, 0.15) is 5.75 Å². The summed E-state index contributed by atoms with van der Waals surface area (Å²) < 4.78 is 0. The van der Waals surface area contributed by atoms with E-state index in [4.69, 9.17) is 10.8 Å². The Labute approximate surface area is 86.5 Å². The zero-order chi connectivity index (χ0) is 7.56. The molecule has 3 N–H and O–H groups in total. The van der Waals surface area contributed by atoms with E-state index < -0.39 is 5.91 Å². The first-order chi connectivity index (χ1) is 4.72. The zero-order valence-electron chi connectivity index (χ0n) is 5.24. The standard InChI is InChI=1S/C7H7NO2.Na.H/c8-7(10)5-3-1-2-4-6(5)9;;/h1-4,9H,(H2,8,10);;. The van der Waals surface area contributed by atoms with E-state index in [0.717, 1.165) is 0 Å². The van der Waals surface area contributed by atoms with Crippen LogP contribution in [0.25, 0.3) is 0 Å². The van der Waals surface area contributed by atoms with Gasteiger partial charge in [0.2, 0.25) is 0 Å². The molecule has 54 valence electrons. The number of hydrogen-bond acceptors (Lipinski definition) is 2. The molecule has 1 amide bonds. The summed E-state index contributed by atoms with van der Waals surface area (Å²) in [5.41, 5.74) is 5.07. The molecular formula is C7H8NNaO2. The predicted molar refractivity (Wildman–Crippen MR) is 43.8 cm³/mol. The normalized spacial score (nSPS) is 8.36. The van der Waals surface area contributed by atoms with Gasteiger partial charge in [-0.3, -0.25) is 4.79 Å². The van der Waals surface area contributed by atoms with E-state index in [9.17, 15) is 4.79 Å². The summed E-state index contributed by atoms with van der Waals surface area (Å²) in [5, 5.41) is 8.98. The fourth-order valence-electron chi connectivity index (χ4n) is 0.682. The van der Waals surface area contributed by atoms with Crippen LogP contribution in [0.1, 0.15) is 10.4 Å². The van der Waals surface area contributed by atoms with Crippen molar-refractivity contribution in [2.24, 2.45) is 5.73 Å². The van der Waals surface area contributed by atoms with E-state index in [1.165, 1.54) is 12.1 Å². The monoisotopic (exact) mass is 161 g/mol. The van der Waals surface area contributed by atoms with Gasteiger partial charge >= 0.3 is 29.6 Å². The Balaban J connectivity index is 0.000001000. The molecule has 0 unspecified atom stereocenters. The van der Waals surface area contributed by atoms with Crippen LogP contribution in [0.3, 0.4) is 0 Å². The number of hydrogen-bond donors (Lipinski definition) is 2. The summed E-state index contributed by atoms with van der Waals surface area (Å²) in [6.07, 6.45) is 0. The molecule has 0 aliphatic rings. The quantitative estimate of drug-likeness (QED) is 0.562. The first-order valence-electron chi connectivity index (χ1n) is 2.79. The van der Waals surface area contributed by atoms with Gasteiger partial charge in [-0.2, -0.15) is 0 Å². The van der Waals surface area contributed by atoms with E-state index in [-0.39, 0.29) is 40.9 Å². The number of nitrogens with two attached hydrogens (primary N) is 1. The van der Waals surface area contributed by atoms with Gasteiger partial charge in [0, 0.05) is 0 Å². The van der Waals surface area contributed by atoms with Crippen molar-refractivity contribution in [3.05, 3.63) is 29.8 Å². The van der Waals surface area contributed by atoms with Gasteiger partial charge in [-0.1, -0.05) is 12.1 Å². The van der Waals surface area contributed by atoms with Gasteiger partial charge in [0.15, 0.2) is 0 Å². The maximum absolute atomic E-state index is 10.5. The molecule has 0 fully saturated rings. The van der Waals surface area contributed by atoms with Crippen LogP contribution in [0, 0.1) is 0 Å². The average Bonchev–Trinajstić information content (AvgIpc) is 1.88. The van der Waals surface area contributed by atoms with E-state index in [0.29, 0.717) is 0 Å². The second-order valence-corrected chi connectivity index (χ2v) is 1.88. The molecule has 1 aromatic carbocycles. The fraction of sp³-hybridized carbons (Fsp3) is 0. The molecule has 4 heteroatoms. The van der Waals surface area contributed by atoms with Crippen molar-refractivity contribution in [2.45, 2.75) is 0 Å². The molecule has 0 spiro atoms. The van der Waals surface area contributed by atoms with Crippen LogP contribution >= 0.6 is 0 Å². The van der Waals surface area contributed by atoms with Crippen molar-refractivity contribution >= 4 is 35.5 Å². The Morgan fingerprint density at radius 3 is 2.27 bits per heavy atom. The molecule has 0 aliphatic heterocycles. The topological polar surface area (TPSA) is 63.3 Å². The first kappa shape index (κ1) is 10.5. The molecule has 0 bridgehead atoms. The third kappa shape index (κ3) is 2.54. The number of carbonyl (C=O) groups is 1. The van der Waals surface area contributed by atoms with Gasteiger partial charge in [-0.05, 0) is 12.1 Å². The Bertz CT molecular complexity index is 262. The second kappa shape index (κ2) is 4.38. The predicted octanol–water partition coefficient (Wildman–Crippen LogP) is -0.157. The van der Waals surface area contributed by atoms with Crippen molar-refractivity contribution in [1.82, 2.24) is 0 Å². The maximum atomic E-state index is 10.5. The molecular weight excluding hydrogens is 153 g/mol. The molecule has 1 rings (SSSR count). The molecule has 0 saturated carbocycles. The molecule has 0 radical (unpaired) electrons. The number of para-hydroxylation sites is 1. The SMILES string of the molecule is NC(=O)c1ccccc1O.[NaH]. The number of primary amides is 1. The zero-order valence-corrected chi connectivity index (χ0v) is 5.24. The third-order valence-corrected chi connectivity index (χ3v) is 1.17. The Morgan fingerprint density at radius 1 is 1.36 bits per heavy atom. The number of amides is 1. The van der Waals surface area contributed by atoms with Crippen molar-refractivity contribution in [3.8, 4) is 5.75 Å². The van der Waals surface area contributed by atoms with E-state index in [2.05, 4.69) is 0 Å². The Hall–Kier alpha value is -0.510. The first-order valence-corrected chi connectivity index (χ1v) is 2.79. The number of benzene rings is 1. The van der Waals surface area contributed by atoms with Crippen LogP contribution in [0.5, 0.6) is 5.75 Å². The van der Waals surface area contributed by atoms with Gasteiger partial charge in [0.25, 0.3) is 5.91 Å². The van der Waals surface area contributed by atoms with Crippen LogP contribution in [0.4, 0.5) is 0 Å². The molecule has 1 aromatic rings. The second-order valence-electron chi connectivity index (χ2n) is 1.88. The number of rotatable bonds is 1. The third-order valence-electron chi connectivity index (χ3n) is 1.17. The Morgan fingerprint density at radius 2 is 1.91 bits per heavy atom. The molecule has 0 heterocycles. The van der Waals surface area contributed by atoms with Gasteiger partial charge in [-0.25, -0.2) is 0 Å². The summed E-state index contributed by atoms with van der Waals surface area (Å²) >= 11 is 0. The van der Waals surface area contributed by atoms with Gasteiger partial charge < -0.3 is 10.8 Å². The van der Waals surface area contributed by atoms with Gasteiger partial charge in [0.05, 0.1) is 5.56 Å². The van der Waals surface area contributed by atoms with Crippen LogP contribution < -0.4 is 5.73 Å². The van der Waals surface area contributed by atoms with E-state index >= 15 is 0 Å². The minimum absolute atomic E-state index is 0. The molecule has 0 aliphatic carbocycles. The van der Waals surface area contributed by atoms with Gasteiger partial charge in [-0.15, -0.1) is 0 Å². The summed E-state index contributed by atoms with van der Waals surface area (Å²) in [5.74, 6) is -0.687. The van der Waals surface area contributed by atoms with Crippen LogP contribution in [-0.2, 0) is 0 Å². The summed E-state index contributed by atoms with van der Waals surface area (Å²) in [6.45, 7) is 0. The molecule has 0 aromatic heterocycles. The number of aromatic hydroxyl groups is 1. The van der Waals surface area contributed by atoms with Crippen LogP contribution in [0.15, 0.2) is 24.3 Å². The summed E-state index contributed by atoms with van der Waals surface area (Å²) in [7, 11) is 0. The summed E-state index contributed by atoms with van der Waals surface area (Å²) in [4.78, 5) is 10.5. The number of carbonyl (C=O) groups excluding carboxylic acids is 1.